The molecule has 1 aromatic carbocycles. The van der Waals surface area contributed by atoms with E-state index in [1.807, 2.05) is 0 Å². The fourth-order valence-corrected chi connectivity index (χ4v) is 1.76. The van der Waals surface area contributed by atoms with E-state index in [0.717, 1.165) is 12.1 Å². The Morgan fingerprint density at radius 1 is 1.21 bits per heavy atom. The molecule has 3 amide bonds. The molecule has 1 heterocycles. The van der Waals surface area contributed by atoms with Gasteiger partial charge in [-0.25, -0.2) is 8.78 Å². The highest BCUT2D eigenvalue weighted by molar-refractivity contribution is 6.03. The van der Waals surface area contributed by atoms with Crippen molar-refractivity contribution in [2.75, 3.05) is 0 Å². The normalized spacial score (nSPS) is 18.9. The molecule has 5 nitrogen and oxygen atoms in total. The van der Waals surface area contributed by atoms with Crippen LogP contribution in [0, 0.1) is 11.6 Å². The first-order chi connectivity index (χ1) is 8.95. The predicted molar refractivity (Wildman–Crippen MR) is 60.0 cm³/mol. The van der Waals surface area contributed by atoms with Crippen LogP contribution in [0.2, 0.25) is 0 Å². The van der Waals surface area contributed by atoms with E-state index >= 15 is 0 Å². The van der Waals surface area contributed by atoms with Crippen molar-refractivity contribution in [3.63, 3.8) is 0 Å². The second kappa shape index (κ2) is 5.13. The molecule has 1 unspecified atom stereocenters. The lowest BCUT2D eigenvalue weighted by Crippen LogP contribution is -2.52. The fourth-order valence-electron chi connectivity index (χ4n) is 1.76. The van der Waals surface area contributed by atoms with Gasteiger partial charge < -0.3 is 5.32 Å². The molecule has 1 aliphatic heterocycles. The number of carbonyl (C=O) groups is 3. The molecular weight excluding hydrogens is 258 g/mol. The Hall–Kier alpha value is -2.31. The molecule has 2 rings (SSSR count). The predicted octanol–water partition coefficient (Wildman–Crippen LogP) is 0.500. The summed E-state index contributed by atoms with van der Waals surface area (Å²) in [4.78, 5) is 34.1. The first-order valence-electron chi connectivity index (χ1n) is 5.56. The van der Waals surface area contributed by atoms with Gasteiger partial charge in [-0.3, -0.25) is 19.7 Å². The zero-order chi connectivity index (χ0) is 14.0. The molecule has 19 heavy (non-hydrogen) atoms. The van der Waals surface area contributed by atoms with Crippen LogP contribution in [0.3, 0.4) is 0 Å². The van der Waals surface area contributed by atoms with Crippen molar-refractivity contribution in [2.24, 2.45) is 0 Å². The molecule has 1 atom stereocenters. The Balaban J connectivity index is 2.08. The number of rotatable bonds is 2. The zero-order valence-corrected chi connectivity index (χ0v) is 9.70. The lowest BCUT2D eigenvalue weighted by molar-refractivity contribution is -0.134. The average Bonchev–Trinajstić information content (AvgIpc) is 2.31. The van der Waals surface area contributed by atoms with Crippen molar-refractivity contribution in [2.45, 2.75) is 18.9 Å². The largest absolute Gasteiger partial charge is 0.340 e. The number of piperidine rings is 1. The van der Waals surface area contributed by atoms with Gasteiger partial charge in [-0.1, -0.05) is 0 Å². The number of hydrogen-bond acceptors (Lipinski definition) is 3. The van der Waals surface area contributed by atoms with Crippen molar-refractivity contribution in [3.8, 4) is 0 Å². The Morgan fingerprint density at radius 2 is 1.84 bits per heavy atom. The third kappa shape index (κ3) is 3.12. The summed E-state index contributed by atoms with van der Waals surface area (Å²) in [6, 6.07) is 1.49. The molecule has 0 spiro atoms. The lowest BCUT2D eigenvalue weighted by Gasteiger charge is -2.21. The highest BCUT2D eigenvalue weighted by Crippen LogP contribution is 2.10. The molecule has 2 N–H and O–H groups in total. The number of amides is 3. The van der Waals surface area contributed by atoms with Crippen LogP contribution in [-0.2, 0) is 9.59 Å². The second-order valence-electron chi connectivity index (χ2n) is 4.14. The van der Waals surface area contributed by atoms with E-state index in [1.54, 1.807) is 0 Å². The van der Waals surface area contributed by atoms with Crippen LogP contribution in [0.1, 0.15) is 23.2 Å². The van der Waals surface area contributed by atoms with Gasteiger partial charge in [0.1, 0.15) is 17.7 Å². The summed E-state index contributed by atoms with van der Waals surface area (Å²) in [6.45, 7) is 0. The standard InChI is InChI=1S/C12H10F2N2O3/c13-7-3-6(4-8(14)5-7)11(18)15-9-1-2-10(17)16-12(9)19/h3-5,9H,1-2H2,(H,15,18)(H,16,17,19). The molecular formula is C12H10F2N2O3. The van der Waals surface area contributed by atoms with Crippen LogP contribution >= 0.6 is 0 Å². The highest BCUT2D eigenvalue weighted by Gasteiger charge is 2.28. The van der Waals surface area contributed by atoms with E-state index in [-0.39, 0.29) is 18.4 Å². The van der Waals surface area contributed by atoms with Crippen molar-refractivity contribution in [3.05, 3.63) is 35.4 Å². The number of halogens is 2. The van der Waals surface area contributed by atoms with Gasteiger partial charge >= 0.3 is 0 Å². The van der Waals surface area contributed by atoms with Gasteiger partial charge in [0.25, 0.3) is 5.91 Å². The maximum atomic E-state index is 13.0. The van der Waals surface area contributed by atoms with Crippen molar-refractivity contribution in [1.29, 1.82) is 0 Å². The lowest BCUT2D eigenvalue weighted by atomic mass is 10.1. The monoisotopic (exact) mass is 268 g/mol. The molecule has 0 aromatic heterocycles. The molecule has 7 heteroatoms. The second-order valence-corrected chi connectivity index (χ2v) is 4.14. The maximum absolute atomic E-state index is 13.0. The fraction of sp³-hybridized carbons (Fsp3) is 0.250. The van der Waals surface area contributed by atoms with Crippen LogP contribution in [0.4, 0.5) is 8.78 Å². The summed E-state index contributed by atoms with van der Waals surface area (Å²) in [7, 11) is 0. The summed E-state index contributed by atoms with van der Waals surface area (Å²) in [6.07, 6.45) is 0.266. The maximum Gasteiger partial charge on any atom is 0.252 e. The molecule has 0 bridgehead atoms. The van der Waals surface area contributed by atoms with Crippen LogP contribution in [0.25, 0.3) is 0 Å². The number of benzene rings is 1. The zero-order valence-electron chi connectivity index (χ0n) is 9.70. The Morgan fingerprint density at radius 3 is 2.42 bits per heavy atom. The van der Waals surface area contributed by atoms with Crippen LogP contribution in [0.15, 0.2) is 18.2 Å². The molecule has 1 fully saturated rings. The van der Waals surface area contributed by atoms with Crippen LogP contribution in [0.5, 0.6) is 0 Å². The van der Waals surface area contributed by atoms with Gasteiger partial charge in [0.05, 0.1) is 0 Å². The van der Waals surface area contributed by atoms with Crippen molar-refractivity contribution >= 4 is 17.7 Å². The summed E-state index contributed by atoms with van der Waals surface area (Å²) < 4.78 is 25.9. The van der Waals surface area contributed by atoms with Gasteiger partial charge in [0, 0.05) is 18.1 Å². The smallest absolute Gasteiger partial charge is 0.252 e. The minimum atomic E-state index is -0.881. The van der Waals surface area contributed by atoms with E-state index in [1.165, 1.54) is 0 Å². The first-order valence-corrected chi connectivity index (χ1v) is 5.56. The van der Waals surface area contributed by atoms with Gasteiger partial charge in [0.2, 0.25) is 11.8 Å². The molecule has 1 saturated heterocycles. The van der Waals surface area contributed by atoms with E-state index in [4.69, 9.17) is 0 Å². The van der Waals surface area contributed by atoms with Crippen LogP contribution < -0.4 is 10.6 Å². The Bertz CT molecular complexity index is 540. The van der Waals surface area contributed by atoms with Gasteiger partial charge in [0.15, 0.2) is 0 Å². The summed E-state index contributed by atoms with van der Waals surface area (Å²) in [5, 5.41) is 4.39. The third-order valence-electron chi connectivity index (χ3n) is 2.67. The number of nitrogens with one attached hydrogen (secondary N) is 2. The highest BCUT2D eigenvalue weighted by atomic mass is 19.1. The topological polar surface area (TPSA) is 75.3 Å². The molecule has 1 aliphatic rings. The molecule has 1 aromatic rings. The van der Waals surface area contributed by atoms with Crippen molar-refractivity contribution < 1.29 is 23.2 Å². The van der Waals surface area contributed by atoms with E-state index in [0.29, 0.717) is 6.07 Å². The van der Waals surface area contributed by atoms with Crippen molar-refractivity contribution in [1.82, 2.24) is 10.6 Å². The summed E-state index contributed by atoms with van der Waals surface area (Å²) in [5.41, 5.74) is -0.220. The number of carbonyl (C=O) groups excluding carboxylic acids is 3. The van der Waals surface area contributed by atoms with Gasteiger partial charge in [-0.05, 0) is 18.6 Å². The number of imide groups is 1. The first kappa shape index (κ1) is 13.1. The minimum absolute atomic E-state index is 0.105. The Kier molecular flexibility index (Phi) is 3.55. The summed E-state index contributed by atoms with van der Waals surface area (Å²) >= 11 is 0. The molecule has 0 radical (unpaired) electrons. The van der Waals surface area contributed by atoms with Crippen LogP contribution in [-0.4, -0.2) is 23.8 Å². The number of hydrogen-bond donors (Lipinski definition) is 2. The van der Waals surface area contributed by atoms with E-state index in [9.17, 15) is 23.2 Å². The molecule has 100 valence electrons. The molecule has 0 saturated carbocycles. The van der Waals surface area contributed by atoms with E-state index in [2.05, 4.69) is 10.6 Å². The van der Waals surface area contributed by atoms with E-state index < -0.39 is 35.4 Å². The Labute approximate surface area is 107 Å². The molecule has 0 aliphatic carbocycles. The average molecular weight is 268 g/mol. The minimum Gasteiger partial charge on any atom is -0.340 e. The third-order valence-corrected chi connectivity index (χ3v) is 2.67. The SMILES string of the molecule is O=C1CCC(NC(=O)c2cc(F)cc(F)c2)C(=O)N1. The summed E-state index contributed by atoms with van der Waals surface area (Å²) in [5.74, 6) is -3.57. The van der Waals surface area contributed by atoms with Gasteiger partial charge in [-0.15, -0.1) is 0 Å². The quantitative estimate of drug-likeness (QED) is 0.767. The van der Waals surface area contributed by atoms with Gasteiger partial charge in [-0.2, -0.15) is 0 Å².